The fourth-order valence-corrected chi connectivity index (χ4v) is 2.48. The van der Waals surface area contributed by atoms with Gasteiger partial charge in [-0.3, -0.25) is 0 Å². The van der Waals surface area contributed by atoms with E-state index >= 15 is 0 Å². The van der Waals surface area contributed by atoms with Gasteiger partial charge in [0, 0.05) is 19.1 Å². The highest BCUT2D eigenvalue weighted by Crippen LogP contribution is 2.15. The Morgan fingerprint density at radius 1 is 0.947 bits per heavy atom. The molecule has 0 aliphatic carbocycles. The first-order chi connectivity index (χ1) is 8.99. The predicted octanol–water partition coefficient (Wildman–Crippen LogP) is 3.69. The molecule has 0 saturated heterocycles. The second-order valence-electron chi connectivity index (χ2n) is 6.35. The summed E-state index contributed by atoms with van der Waals surface area (Å²) in [4.78, 5) is 2.55. The average Bonchev–Trinajstić information content (AvgIpc) is 2.35. The van der Waals surface area contributed by atoms with Crippen LogP contribution in [-0.4, -0.2) is 24.5 Å². The minimum absolute atomic E-state index is 0.156. The van der Waals surface area contributed by atoms with Crippen LogP contribution in [0.2, 0.25) is 0 Å². The van der Waals surface area contributed by atoms with Crippen molar-refractivity contribution in [2.75, 3.05) is 19.6 Å². The van der Waals surface area contributed by atoms with Gasteiger partial charge in [-0.2, -0.15) is 0 Å². The summed E-state index contributed by atoms with van der Waals surface area (Å²) in [6.07, 6.45) is 1.03. The lowest BCUT2D eigenvalue weighted by Gasteiger charge is -2.27. The molecule has 19 heavy (non-hydrogen) atoms. The second-order valence-corrected chi connectivity index (χ2v) is 6.35. The van der Waals surface area contributed by atoms with Gasteiger partial charge in [-0.15, -0.1) is 0 Å². The van der Waals surface area contributed by atoms with E-state index in [0.29, 0.717) is 11.8 Å². The lowest BCUT2D eigenvalue weighted by molar-refractivity contribution is 0.212. The van der Waals surface area contributed by atoms with Gasteiger partial charge >= 0.3 is 0 Å². The molecule has 0 aliphatic rings. The molecular formula is C17H30N2. The summed E-state index contributed by atoms with van der Waals surface area (Å²) >= 11 is 0. The summed E-state index contributed by atoms with van der Waals surface area (Å²) in [6, 6.07) is 10.6. The van der Waals surface area contributed by atoms with Crippen LogP contribution < -0.4 is 5.73 Å². The molecule has 1 aromatic carbocycles. The maximum Gasteiger partial charge on any atom is 0.0307 e. The minimum atomic E-state index is 0.156. The SMILES string of the molecule is CC(C)CN(CCC(N)c1ccccc1)CC(C)C. The van der Waals surface area contributed by atoms with Crippen LogP contribution in [0.25, 0.3) is 0 Å². The van der Waals surface area contributed by atoms with Crippen molar-refractivity contribution in [1.82, 2.24) is 4.90 Å². The van der Waals surface area contributed by atoms with Crippen molar-refractivity contribution in [3.63, 3.8) is 0 Å². The Morgan fingerprint density at radius 2 is 1.47 bits per heavy atom. The summed E-state index contributed by atoms with van der Waals surface area (Å²) in [6.45, 7) is 12.6. The van der Waals surface area contributed by atoms with Gasteiger partial charge in [-0.05, 0) is 30.4 Å². The zero-order valence-corrected chi connectivity index (χ0v) is 13.0. The number of nitrogens with zero attached hydrogens (tertiary/aromatic N) is 1. The van der Waals surface area contributed by atoms with Crippen molar-refractivity contribution in [3.05, 3.63) is 35.9 Å². The van der Waals surface area contributed by atoms with Crippen molar-refractivity contribution in [1.29, 1.82) is 0 Å². The highest BCUT2D eigenvalue weighted by Gasteiger charge is 2.12. The molecule has 0 bridgehead atoms. The molecule has 0 fully saturated rings. The number of hydrogen-bond donors (Lipinski definition) is 1. The Hall–Kier alpha value is -0.860. The van der Waals surface area contributed by atoms with Crippen LogP contribution in [-0.2, 0) is 0 Å². The molecule has 0 spiro atoms. The van der Waals surface area contributed by atoms with E-state index in [1.165, 1.54) is 18.7 Å². The standard InChI is InChI=1S/C17H30N2/c1-14(2)12-19(13-15(3)4)11-10-17(18)16-8-6-5-7-9-16/h5-9,14-15,17H,10-13,18H2,1-4H3. The van der Waals surface area contributed by atoms with Gasteiger partial charge in [0.25, 0.3) is 0 Å². The van der Waals surface area contributed by atoms with E-state index < -0.39 is 0 Å². The smallest absolute Gasteiger partial charge is 0.0307 e. The maximum atomic E-state index is 6.28. The molecule has 1 rings (SSSR count). The van der Waals surface area contributed by atoms with Crippen molar-refractivity contribution in [3.8, 4) is 0 Å². The van der Waals surface area contributed by atoms with E-state index in [1.54, 1.807) is 0 Å². The fourth-order valence-electron chi connectivity index (χ4n) is 2.48. The zero-order chi connectivity index (χ0) is 14.3. The molecule has 0 radical (unpaired) electrons. The van der Waals surface area contributed by atoms with Crippen LogP contribution in [0.4, 0.5) is 0 Å². The van der Waals surface area contributed by atoms with E-state index in [2.05, 4.69) is 56.9 Å². The molecule has 0 heterocycles. The Balaban J connectivity index is 2.46. The van der Waals surface area contributed by atoms with E-state index in [1.807, 2.05) is 6.07 Å². The second kappa shape index (κ2) is 8.34. The molecule has 2 heteroatoms. The average molecular weight is 262 g/mol. The molecule has 0 aromatic heterocycles. The summed E-state index contributed by atoms with van der Waals surface area (Å²) in [5, 5.41) is 0. The minimum Gasteiger partial charge on any atom is -0.324 e. The first kappa shape index (κ1) is 16.2. The van der Waals surface area contributed by atoms with Gasteiger partial charge in [0.05, 0.1) is 0 Å². The van der Waals surface area contributed by atoms with Crippen molar-refractivity contribution < 1.29 is 0 Å². The summed E-state index contributed by atoms with van der Waals surface area (Å²) < 4.78 is 0. The van der Waals surface area contributed by atoms with E-state index in [0.717, 1.165) is 13.0 Å². The van der Waals surface area contributed by atoms with E-state index in [9.17, 15) is 0 Å². The Labute approximate surface area is 119 Å². The van der Waals surface area contributed by atoms with Crippen LogP contribution in [0.3, 0.4) is 0 Å². The van der Waals surface area contributed by atoms with E-state index in [-0.39, 0.29) is 6.04 Å². The number of hydrogen-bond acceptors (Lipinski definition) is 2. The van der Waals surface area contributed by atoms with Gasteiger partial charge in [-0.1, -0.05) is 58.0 Å². The van der Waals surface area contributed by atoms with Gasteiger partial charge < -0.3 is 10.6 Å². The van der Waals surface area contributed by atoms with Crippen LogP contribution in [0, 0.1) is 11.8 Å². The van der Waals surface area contributed by atoms with Gasteiger partial charge in [-0.25, -0.2) is 0 Å². The van der Waals surface area contributed by atoms with Crippen LogP contribution in [0.5, 0.6) is 0 Å². The van der Waals surface area contributed by atoms with Gasteiger partial charge in [0.15, 0.2) is 0 Å². The third-order valence-electron chi connectivity index (χ3n) is 3.23. The van der Waals surface area contributed by atoms with Crippen molar-refractivity contribution >= 4 is 0 Å². The molecule has 1 atom stereocenters. The normalized spacial score (nSPS) is 13.5. The lowest BCUT2D eigenvalue weighted by atomic mass is 10.0. The summed E-state index contributed by atoms with van der Waals surface area (Å²) in [5.74, 6) is 1.43. The van der Waals surface area contributed by atoms with Crippen molar-refractivity contribution in [2.24, 2.45) is 17.6 Å². The Morgan fingerprint density at radius 3 is 1.95 bits per heavy atom. The third kappa shape index (κ3) is 6.74. The molecular weight excluding hydrogens is 232 g/mol. The lowest BCUT2D eigenvalue weighted by Crippen LogP contribution is -2.33. The van der Waals surface area contributed by atoms with Crippen molar-refractivity contribution in [2.45, 2.75) is 40.2 Å². The molecule has 0 amide bonds. The van der Waals surface area contributed by atoms with Crippen LogP contribution in [0.15, 0.2) is 30.3 Å². The Kier molecular flexibility index (Phi) is 7.11. The molecule has 108 valence electrons. The molecule has 1 unspecified atom stereocenters. The Bertz CT molecular complexity index is 322. The van der Waals surface area contributed by atoms with Gasteiger partial charge in [0.2, 0.25) is 0 Å². The predicted molar refractivity (Wildman–Crippen MR) is 84.1 cm³/mol. The largest absolute Gasteiger partial charge is 0.324 e. The zero-order valence-electron chi connectivity index (χ0n) is 13.0. The monoisotopic (exact) mass is 262 g/mol. The molecule has 0 saturated carbocycles. The first-order valence-corrected chi connectivity index (χ1v) is 7.52. The van der Waals surface area contributed by atoms with Gasteiger partial charge in [0.1, 0.15) is 0 Å². The number of benzene rings is 1. The first-order valence-electron chi connectivity index (χ1n) is 7.52. The van der Waals surface area contributed by atoms with Crippen LogP contribution in [0.1, 0.15) is 45.7 Å². The molecule has 0 aliphatic heterocycles. The number of rotatable bonds is 8. The highest BCUT2D eigenvalue weighted by atomic mass is 15.1. The fraction of sp³-hybridized carbons (Fsp3) is 0.647. The highest BCUT2D eigenvalue weighted by molar-refractivity contribution is 5.18. The maximum absolute atomic E-state index is 6.28. The molecule has 2 N–H and O–H groups in total. The summed E-state index contributed by atoms with van der Waals surface area (Å²) in [5.41, 5.74) is 7.53. The molecule has 2 nitrogen and oxygen atoms in total. The quantitative estimate of drug-likeness (QED) is 0.774. The number of nitrogens with two attached hydrogens (primary N) is 1. The van der Waals surface area contributed by atoms with Crippen LogP contribution >= 0.6 is 0 Å². The summed E-state index contributed by atoms with van der Waals surface area (Å²) in [7, 11) is 0. The van der Waals surface area contributed by atoms with E-state index in [4.69, 9.17) is 5.73 Å². The third-order valence-corrected chi connectivity index (χ3v) is 3.23. The topological polar surface area (TPSA) is 29.3 Å². The molecule has 1 aromatic rings.